The maximum absolute atomic E-state index is 12.1. The van der Waals surface area contributed by atoms with E-state index in [1.54, 1.807) is 12.3 Å². The molecule has 6 heteroatoms. The Morgan fingerprint density at radius 3 is 3.15 bits per heavy atom. The smallest absolute Gasteiger partial charge is 0.283 e. The number of hydrogen-bond donors (Lipinski definition) is 1. The number of nitrogens with zero attached hydrogens (tertiary/aromatic N) is 2. The highest BCUT2D eigenvalue weighted by molar-refractivity contribution is 9.10. The molecule has 1 N–H and O–H groups in total. The van der Waals surface area contributed by atoms with E-state index in [0.717, 1.165) is 17.9 Å². The molecule has 1 fully saturated rings. The van der Waals surface area contributed by atoms with Crippen LogP contribution in [-0.4, -0.2) is 26.8 Å². The molecule has 0 aliphatic heterocycles. The van der Waals surface area contributed by atoms with Crippen molar-refractivity contribution in [2.24, 2.45) is 0 Å². The van der Waals surface area contributed by atoms with Crippen LogP contribution >= 0.6 is 27.7 Å². The van der Waals surface area contributed by atoms with E-state index in [2.05, 4.69) is 39.8 Å². The third-order valence-corrected chi connectivity index (χ3v) is 5.55. The molecule has 0 bridgehead atoms. The molecule has 1 aromatic heterocycles. The predicted molar refractivity (Wildman–Crippen MR) is 89.6 cm³/mol. The predicted octanol–water partition coefficient (Wildman–Crippen LogP) is 3.28. The monoisotopic (exact) mass is 357 g/mol. The number of aromatic nitrogens is 2. The molecule has 1 aliphatic carbocycles. The van der Waals surface area contributed by atoms with Crippen molar-refractivity contribution in [3.05, 3.63) is 33.7 Å². The molecule has 20 heavy (non-hydrogen) atoms. The molecule has 0 aromatic carbocycles. The topological polar surface area (TPSA) is 46.9 Å². The second-order valence-electron chi connectivity index (χ2n) is 4.82. The Labute approximate surface area is 132 Å². The molecule has 1 heterocycles. The normalized spacial score (nSPS) is 21.9. The van der Waals surface area contributed by atoms with Crippen LogP contribution in [0.3, 0.4) is 0 Å². The van der Waals surface area contributed by atoms with Gasteiger partial charge in [0.2, 0.25) is 0 Å². The minimum atomic E-state index is -0.118. The van der Waals surface area contributed by atoms with E-state index in [9.17, 15) is 4.79 Å². The molecule has 2 unspecified atom stereocenters. The van der Waals surface area contributed by atoms with E-state index in [1.165, 1.54) is 17.5 Å². The van der Waals surface area contributed by atoms with Gasteiger partial charge in [-0.2, -0.15) is 16.9 Å². The first-order chi connectivity index (χ1) is 9.67. The number of anilines is 1. The summed E-state index contributed by atoms with van der Waals surface area (Å²) in [7, 11) is 0. The SMILES string of the molecule is C=CCn1ncc(NC2CCCC2SCC)c(Br)c1=O. The Kier molecular flexibility index (Phi) is 5.72. The van der Waals surface area contributed by atoms with Gasteiger partial charge in [-0.1, -0.05) is 19.4 Å². The lowest BCUT2D eigenvalue weighted by Gasteiger charge is -2.21. The van der Waals surface area contributed by atoms with Gasteiger partial charge in [0, 0.05) is 11.3 Å². The highest BCUT2D eigenvalue weighted by Gasteiger charge is 2.27. The molecule has 2 rings (SSSR count). The third-order valence-electron chi connectivity index (χ3n) is 3.46. The zero-order valence-corrected chi connectivity index (χ0v) is 14.0. The molecule has 110 valence electrons. The van der Waals surface area contributed by atoms with Gasteiger partial charge in [0.1, 0.15) is 4.47 Å². The zero-order valence-electron chi connectivity index (χ0n) is 11.6. The van der Waals surface area contributed by atoms with Gasteiger partial charge < -0.3 is 5.32 Å². The summed E-state index contributed by atoms with van der Waals surface area (Å²) in [5.41, 5.74) is 0.677. The zero-order chi connectivity index (χ0) is 14.5. The number of nitrogens with one attached hydrogen (secondary N) is 1. The molecule has 0 radical (unpaired) electrons. The summed E-state index contributed by atoms with van der Waals surface area (Å²) in [5, 5.41) is 8.29. The minimum absolute atomic E-state index is 0.118. The van der Waals surface area contributed by atoms with Gasteiger partial charge >= 0.3 is 0 Å². The molecule has 1 saturated carbocycles. The largest absolute Gasteiger partial charge is 0.379 e. The Balaban J connectivity index is 2.15. The average Bonchev–Trinajstić information content (AvgIpc) is 2.86. The fraction of sp³-hybridized carbons (Fsp3) is 0.571. The van der Waals surface area contributed by atoms with Gasteiger partial charge in [0.25, 0.3) is 5.56 Å². The summed E-state index contributed by atoms with van der Waals surface area (Å²) in [6, 6.07) is 0.424. The third kappa shape index (κ3) is 3.47. The summed E-state index contributed by atoms with van der Waals surface area (Å²) in [5.74, 6) is 1.13. The number of allylic oxidation sites excluding steroid dienone is 1. The van der Waals surface area contributed by atoms with Crippen molar-refractivity contribution < 1.29 is 0 Å². The molecular weight excluding hydrogens is 338 g/mol. The van der Waals surface area contributed by atoms with Gasteiger partial charge in [-0.25, -0.2) is 4.68 Å². The number of hydrogen-bond acceptors (Lipinski definition) is 4. The van der Waals surface area contributed by atoms with E-state index in [-0.39, 0.29) is 5.56 Å². The van der Waals surface area contributed by atoms with E-state index < -0.39 is 0 Å². The maximum atomic E-state index is 12.1. The minimum Gasteiger partial charge on any atom is -0.379 e. The van der Waals surface area contributed by atoms with Gasteiger partial charge in [0.15, 0.2) is 0 Å². The van der Waals surface area contributed by atoms with Gasteiger partial charge in [-0.05, 0) is 34.5 Å². The highest BCUT2D eigenvalue weighted by atomic mass is 79.9. The summed E-state index contributed by atoms with van der Waals surface area (Å²) in [6.07, 6.45) is 7.03. The van der Waals surface area contributed by atoms with Crippen LogP contribution in [0.5, 0.6) is 0 Å². The first-order valence-electron chi connectivity index (χ1n) is 6.92. The van der Waals surface area contributed by atoms with Crippen LogP contribution in [0.25, 0.3) is 0 Å². The van der Waals surface area contributed by atoms with Crippen molar-refractivity contribution >= 4 is 33.4 Å². The molecule has 4 nitrogen and oxygen atoms in total. The van der Waals surface area contributed by atoms with Crippen LogP contribution in [0.4, 0.5) is 5.69 Å². The van der Waals surface area contributed by atoms with E-state index in [0.29, 0.717) is 22.3 Å². The van der Waals surface area contributed by atoms with Crippen molar-refractivity contribution in [2.45, 2.75) is 44.0 Å². The summed E-state index contributed by atoms with van der Waals surface area (Å²) in [4.78, 5) is 12.1. The molecular formula is C14H20BrN3OS. The van der Waals surface area contributed by atoms with Crippen molar-refractivity contribution in [1.82, 2.24) is 9.78 Å². The van der Waals surface area contributed by atoms with Crippen molar-refractivity contribution in [2.75, 3.05) is 11.1 Å². The van der Waals surface area contributed by atoms with Crippen molar-refractivity contribution in [1.29, 1.82) is 0 Å². The Bertz CT molecular complexity index is 532. The summed E-state index contributed by atoms with van der Waals surface area (Å²) < 4.78 is 1.95. The first kappa shape index (κ1) is 15.6. The van der Waals surface area contributed by atoms with Crippen LogP contribution in [0, 0.1) is 0 Å². The van der Waals surface area contributed by atoms with Crippen LogP contribution in [0.1, 0.15) is 26.2 Å². The Hall–Kier alpha value is -0.750. The second kappa shape index (κ2) is 7.31. The lowest BCUT2D eigenvalue weighted by atomic mass is 10.2. The second-order valence-corrected chi connectivity index (χ2v) is 7.13. The molecule has 0 spiro atoms. The Morgan fingerprint density at radius 2 is 2.45 bits per heavy atom. The molecule has 0 saturated heterocycles. The fourth-order valence-corrected chi connectivity index (χ4v) is 4.14. The number of thioether (sulfide) groups is 1. The number of rotatable bonds is 6. The lowest BCUT2D eigenvalue weighted by Crippen LogP contribution is -2.29. The van der Waals surface area contributed by atoms with E-state index >= 15 is 0 Å². The fourth-order valence-electron chi connectivity index (χ4n) is 2.52. The van der Waals surface area contributed by atoms with Gasteiger partial charge in [0.05, 0.1) is 18.4 Å². The van der Waals surface area contributed by atoms with Gasteiger partial charge in [-0.15, -0.1) is 6.58 Å². The summed E-state index contributed by atoms with van der Waals surface area (Å²) in [6.45, 7) is 6.24. The van der Waals surface area contributed by atoms with Crippen molar-refractivity contribution in [3.63, 3.8) is 0 Å². The van der Waals surface area contributed by atoms with Crippen LogP contribution in [0.15, 0.2) is 28.1 Å². The molecule has 2 atom stereocenters. The van der Waals surface area contributed by atoms with Gasteiger partial charge in [-0.3, -0.25) is 4.79 Å². The van der Waals surface area contributed by atoms with E-state index in [4.69, 9.17) is 0 Å². The van der Waals surface area contributed by atoms with E-state index in [1.807, 2.05) is 11.8 Å². The molecule has 1 aromatic rings. The summed E-state index contributed by atoms with van der Waals surface area (Å²) >= 11 is 5.38. The standard InChI is InChI=1S/C14H20BrN3OS/c1-3-8-18-14(19)13(15)11(9-16-18)17-10-6-5-7-12(10)20-4-2/h3,9-10,12,17H,1,4-8H2,2H3. The molecule has 1 aliphatic rings. The quantitative estimate of drug-likeness (QED) is 0.793. The average molecular weight is 358 g/mol. The maximum Gasteiger partial charge on any atom is 0.283 e. The van der Waals surface area contributed by atoms with Crippen molar-refractivity contribution in [3.8, 4) is 0 Å². The first-order valence-corrected chi connectivity index (χ1v) is 8.76. The van der Waals surface area contributed by atoms with Crippen LogP contribution in [0.2, 0.25) is 0 Å². The lowest BCUT2D eigenvalue weighted by molar-refractivity contribution is 0.646. The number of halogens is 1. The molecule has 0 amide bonds. The highest BCUT2D eigenvalue weighted by Crippen LogP contribution is 2.32. The van der Waals surface area contributed by atoms with Crippen LogP contribution < -0.4 is 10.9 Å². The Morgan fingerprint density at radius 1 is 1.65 bits per heavy atom. The van der Waals surface area contributed by atoms with Crippen LogP contribution in [-0.2, 0) is 6.54 Å².